The van der Waals surface area contributed by atoms with Gasteiger partial charge in [0, 0.05) is 11.6 Å². The van der Waals surface area contributed by atoms with Gasteiger partial charge < -0.3 is 4.74 Å². The van der Waals surface area contributed by atoms with E-state index in [1.165, 1.54) is 31.2 Å². The number of nitro benzene ring substituents is 1. The van der Waals surface area contributed by atoms with Crippen molar-refractivity contribution in [3.63, 3.8) is 0 Å². The first-order valence-electron chi connectivity index (χ1n) is 6.54. The van der Waals surface area contributed by atoms with Gasteiger partial charge in [-0.3, -0.25) is 14.9 Å². The number of nitrogens with zero attached hydrogens (tertiary/aromatic N) is 1. The third-order valence-corrected chi connectivity index (χ3v) is 3.03. The summed E-state index contributed by atoms with van der Waals surface area (Å²) in [5, 5.41) is 10.9. The van der Waals surface area contributed by atoms with Gasteiger partial charge in [0.2, 0.25) is 5.78 Å². The average molecular weight is 299 g/mol. The third kappa shape index (κ3) is 3.35. The van der Waals surface area contributed by atoms with Crippen LogP contribution in [-0.4, -0.2) is 22.8 Å². The van der Waals surface area contributed by atoms with Crippen molar-refractivity contribution in [2.24, 2.45) is 0 Å². The first-order valence-corrected chi connectivity index (χ1v) is 6.54. The van der Waals surface area contributed by atoms with Crippen molar-refractivity contribution in [2.45, 2.75) is 13.0 Å². The van der Waals surface area contributed by atoms with Crippen molar-refractivity contribution in [3.05, 3.63) is 75.8 Å². The van der Waals surface area contributed by atoms with Crippen LogP contribution < -0.4 is 0 Å². The smallest absolute Gasteiger partial charge is 0.345 e. The Bertz CT molecular complexity index is 711. The van der Waals surface area contributed by atoms with Gasteiger partial charge >= 0.3 is 5.97 Å². The highest BCUT2D eigenvalue weighted by Crippen LogP contribution is 2.19. The van der Waals surface area contributed by atoms with E-state index in [-0.39, 0.29) is 17.0 Å². The summed E-state index contributed by atoms with van der Waals surface area (Å²) in [6.45, 7) is 1.43. The molecular weight excluding hydrogens is 286 g/mol. The number of hydrogen-bond donors (Lipinski definition) is 0. The molecule has 6 nitrogen and oxygen atoms in total. The summed E-state index contributed by atoms with van der Waals surface area (Å²) in [7, 11) is 0. The summed E-state index contributed by atoms with van der Waals surface area (Å²) in [5.74, 6) is -1.27. The number of carbonyl (C=O) groups is 2. The van der Waals surface area contributed by atoms with Gasteiger partial charge in [-0.15, -0.1) is 0 Å². The molecule has 0 saturated heterocycles. The number of esters is 1. The highest BCUT2D eigenvalue weighted by Gasteiger charge is 2.25. The summed E-state index contributed by atoms with van der Waals surface area (Å²) in [4.78, 5) is 34.4. The van der Waals surface area contributed by atoms with E-state index >= 15 is 0 Å². The van der Waals surface area contributed by atoms with Crippen LogP contribution in [0.25, 0.3) is 0 Å². The molecule has 0 N–H and O–H groups in total. The number of para-hydroxylation sites is 1. The molecule has 112 valence electrons. The minimum absolute atomic E-state index is 0.180. The van der Waals surface area contributed by atoms with Gasteiger partial charge in [0.15, 0.2) is 6.10 Å². The van der Waals surface area contributed by atoms with Crippen LogP contribution >= 0.6 is 0 Å². The first kappa shape index (κ1) is 15.4. The van der Waals surface area contributed by atoms with Crippen LogP contribution in [0, 0.1) is 10.1 Å². The fraction of sp³-hybridized carbons (Fsp3) is 0.125. The predicted octanol–water partition coefficient (Wildman–Crippen LogP) is 3.02. The quantitative estimate of drug-likeness (QED) is 0.366. The number of rotatable bonds is 5. The van der Waals surface area contributed by atoms with Gasteiger partial charge in [-0.1, -0.05) is 42.5 Å². The van der Waals surface area contributed by atoms with E-state index in [0.717, 1.165) is 0 Å². The molecule has 0 unspecified atom stereocenters. The van der Waals surface area contributed by atoms with Gasteiger partial charge in [-0.2, -0.15) is 0 Å². The molecule has 0 radical (unpaired) electrons. The van der Waals surface area contributed by atoms with Crippen molar-refractivity contribution in [3.8, 4) is 0 Å². The predicted molar refractivity (Wildman–Crippen MR) is 78.7 cm³/mol. The van der Waals surface area contributed by atoms with Crippen LogP contribution in [0.15, 0.2) is 54.6 Å². The van der Waals surface area contributed by atoms with E-state index in [9.17, 15) is 19.7 Å². The molecule has 2 aromatic rings. The maximum Gasteiger partial charge on any atom is 0.345 e. The van der Waals surface area contributed by atoms with Crippen LogP contribution in [0.3, 0.4) is 0 Å². The lowest BCUT2D eigenvalue weighted by Crippen LogP contribution is -2.24. The Morgan fingerprint density at radius 3 is 2.27 bits per heavy atom. The lowest BCUT2D eigenvalue weighted by atomic mass is 10.1. The number of carbonyl (C=O) groups excluding carboxylic acids is 2. The van der Waals surface area contributed by atoms with E-state index in [2.05, 4.69) is 0 Å². The number of nitro groups is 1. The van der Waals surface area contributed by atoms with Gasteiger partial charge in [0.25, 0.3) is 5.69 Å². The number of benzene rings is 2. The van der Waals surface area contributed by atoms with Crippen molar-refractivity contribution < 1.29 is 19.2 Å². The number of Topliss-reactive ketones (excluding diaryl/α,β-unsaturated/α-hetero) is 1. The summed E-state index contributed by atoms with van der Waals surface area (Å²) in [5.41, 5.74) is -0.127. The lowest BCUT2D eigenvalue weighted by molar-refractivity contribution is -0.385. The van der Waals surface area contributed by atoms with Crippen LogP contribution in [0.4, 0.5) is 5.69 Å². The summed E-state index contributed by atoms with van der Waals surface area (Å²) >= 11 is 0. The molecule has 0 heterocycles. The van der Waals surface area contributed by atoms with Crippen LogP contribution in [0.1, 0.15) is 27.6 Å². The molecule has 0 aliphatic carbocycles. The van der Waals surface area contributed by atoms with Crippen molar-refractivity contribution in [1.29, 1.82) is 0 Å². The Labute approximate surface area is 126 Å². The average Bonchev–Trinajstić information content (AvgIpc) is 2.54. The first-order chi connectivity index (χ1) is 10.5. The summed E-state index contributed by atoms with van der Waals surface area (Å²) < 4.78 is 5.05. The zero-order valence-corrected chi connectivity index (χ0v) is 11.8. The molecule has 0 aromatic heterocycles. The summed E-state index contributed by atoms with van der Waals surface area (Å²) in [6, 6.07) is 13.8. The minimum atomic E-state index is -1.03. The molecule has 2 rings (SSSR count). The van der Waals surface area contributed by atoms with E-state index < -0.39 is 17.0 Å². The third-order valence-electron chi connectivity index (χ3n) is 3.03. The monoisotopic (exact) mass is 299 g/mol. The zero-order valence-electron chi connectivity index (χ0n) is 11.8. The Hall–Kier alpha value is -3.02. The Morgan fingerprint density at radius 2 is 1.64 bits per heavy atom. The molecule has 0 fully saturated rings. The number of ether oxygens (including phenoxy) is 1. The highest BCUT2D eigenvalue weighted by molar-refractivity contribution is 6.02. The van der Waals surface area contributed by atoms with E-state index in [4.69, 9.17) is 4.74 Å². The second-order valence-electron chi connectivity index (χ2n) is 4.55. The second kappa shape index (κ2) is 6.62. The molecule has 0 bridgehead atoms. The SMILES string of the molecule is C[C@H](OC(=O)c1ccccc1[N+](=O)[O-])C(=O)c1ccccc1. The van der Waals surface area contributed by atoms with Gasteiger partial charge in [0.1, 0.15) is 5.56 Å². The van der Waals surface area contributed by atoms with Gasteiger partial charge in [0.05, 0.1) is 4.92 Å². The maximum atomic E-state index is 12.1. The lowest BCUT2D eigenvalue weighted by Gasteiger charge is -2.12. The molecule has 0 spiro atoms. The van der Waals surface area contributed by atoms with Crippen molar-refractivity contribution in [2.75, 3.05) is 0 Å². The van der Waals surface area contributed by atoms with Gasteiger partial charge in [-0.25, -0.2) is 4.79 Å². The van der Waals surface area contributed by atoms with Crippen LogP contribution in [-0.2, 0) is 4.74 Å². The Balaban J connectivity index is 2.16. The Morgan fingerprint density at radius 1 is 1.05 bits per heavy atom. The normalized spacial score (nSPS) is 11.5. The molecule has 0 saturated carbocycles. The van der Waals surface area contributed by atoms with Gasteiger partial charge in [-0.05, 0) is 13.0 Å². The molecule has 0 aliphatic rings. The molecule has 6 heteroatoms. The fourth-order valence-electron chi connectivity index (χ4n) is 1.92. The van der Waals surface area contributed by atoms with E-state index in [1.807, 2.05) is 0 Å². The molecule has 22 heavy (non-hydrogen) atoms. The van der Waals surface area contributed by atoms with Crippen molar-refractivity contribution in [1.82, 2.24) is 0 Å². The topological polar surface area (TPSA) is 86.5 Å². The highest BCUT2D eigenvalue weighted by atomic mass is 16.6. The Kier molecular flexibility index (Phi) is 4.63. The number of ketones is 1. The minimum Gasteiger partial charge on any atom is -0.450 e. The largest absolute Gasteiger partial charge is 0.450 e. The van der Waals surface area contributed by atoms with Crippen LogP contribution in [0.5, 0.6) is 0 Å². The second-order valence-corrected chi connectivity index (χ2v) is 4.55. The summed E-state index contributed by atoms with van der Waals surface area (Å²) in [6.07, 6.45) is -1.03. The molecular formula is C16H13NO5. The van der Waals surface area contributed by atoms with E-state index in [1.54, 1.807) is 30.3 Å². The molecule has 1 atom stereocenters. The molecule has 0 amide bonds. The molecule has 2 aromatic carbocycles. The zero-order chi connectivity index (χ0) is 16.1. The fourth-order valence-corrected chi connectivity index (χ4v) is 1.92. The standard InChI is InChI=1S/C16H13NO5/c1-11(15(18)12-7-3-2-4-8-12)22-16(19)13-9-5-6-10-14(13)17(20)21/h2-11H,1H3/t11-/m0/s1. The molecule has 0 aliphatic heterocycles. The maximum absolute atomic E-state index is 12.1. The van der Waals surface area contributed by atoms with Crippen LogP contribution in [0.2, 0.25) is 0 Å². The van der Waals surface area contributed by atoms with E-state index in [0.29, 0.717) is 5.56 Å². The number of hydrogen-bond acceptors (Lipinski definition) is 5. The van der Waals surface area contributed by atoms with Crippen molar-refractivity contribution >= 4 is 17.4 Å².